The van der Waals surface area contributed by atoms with Gasteiger partial charge in [-0.1, -0.05) is 36.4 Å². The van der Waals surface area contributed by atoms with Gasteiger partial charge in [0.2, 0.25) is 5.91 Å². The Labute approximate surface area is 203 Å². The summed E-state index contributed by atoms with van der Waals surface area (Å²) in [5.41, 5.74) is 1.36. The average Bonchev–Trinajstić information content (AvgIpc) is 3.42. The van der Waals surface area contributed by atoms with E-state index in [9.17, 15) is 9.90 Å². The molecule has 0 radical (unpaired) electrons. The molecule has 6 rings (SSSR count). The number of hydrogen-bond acceptors (Lipinski definition) is 4. The normalized spacial score (nSPS) is 21.8. The molecule has 0 aliphatic carbocycles. The van der Waals surface area contributed by atoms with Crippen LogP contribution in [0.15, 0.2) is 67.1 Å². The van der Waals surface area contributed by atoms with Crippen LogP contribution in [0.2, 0.25) is 0 Å². The summed E-state index contributed by atoms with van der Waals surface area (Å²) < 4.78 is 17.5. The van der Waals surface area contributed by atoms with Crippen molar-refractivity contribution in [2.45, 2.75) is 50.2 Å². The molecule has 3 atom stereocenters. The second kappa shape index (κ2) is 8.27. The molecule has 4 heterocycles. The van der Waals surface area contributed by atoms with Gasteiger partial charge in [-0.05, 0) is 49.4 Å². The highest BCUT2D eigenvalue weighted by Gasteiger charge is 2.43. The molecule has 1 N–H and O–H groups in total. The van der Waals surface area contributed by atoms with Crippen molar-refractivity contribution in [3.8, 4) is 11.3 Å². The zero-order valence-electron chi connectivity index (χ0n) is 19.6. The average molecular weight is 471 g/mol. The summed E-state index contributed by atoms with van der Waals surface area (Å²) in [5, 5.41) is 11.2. The van der Waals surface area contributed by atoms with Crippen LogP contribution in [0.4, 0.5) is 4.39 Å². The van der Waals surface area contributed by atoms with Gasteiger partial charge in [0, 0.05) is 42.9 Å². The van der Waals surface area contributed by atoms with Crippen LogP contribution in [-0.2, 0) is 10.4 Å². The van der Waals surface area contributed by atoms with Crippen LogP contribution < -0.4 is 0 Å². The lowest BCUT2D eigenvalue weighted by Crippen LogP contribution is -2.39. The van der Waals surface area contributed by atoms with E-state index in [0.29, 0.717) is 34.3 Å². The largest absolute Gasteiger partial charge is 0.381 e. The Balaban J connectivity index is 1.43. The van der Waals surface area contributed by atoms with Gasteiger partial charge in [-0.3, -0.25) is 14.2 Å². The number of imidazole rings is 1. The standard InChI is InChI=1S/C28H27FN4O2/c1-28(35,18-7-3-2-4-8-18)19-10-11-20(22(29)15-19)26-24-17-30-12-14-33(24)27(31-26)21-16-25(34)32-13-6-5-9-23(21)32/h2-4,7-8,10-12,14-15,17,21,23,35H,5-6,9,13,16H2,1H3. The minimum atomic E-state index is -1.34. The molecule has 0 saturated carbocycles. The SMILES string of the molecule is CC(O)(c1ccccc1)c1ccc(-c2nc(C3CC(=O)N4CCCCC34)n3ccncc23)c(F)c1. The van der Waals surface area contributed by atoms with Crippen LogP contribution in [-0.4, -0.2) is 42.9 Å². The summed E-state index contributed by atoms with van der Waals surface area (Å²) in [6, 6.07) is 14.2. The molecule has 7 heteroatoms. The first-order valence-electron chi connectivity index (χ1n) is 12.1. The first kappa shape index (κ1) is 21.9. The third-order valence-electron chi connectivity index (χ3n) is 7.66. The van der Waals surface area contributed by atoms with Gasteiger partial charge in [-0.25, -0.2) is 9.37 Å². The Morgan fingerprint density at radius 2 is 1.94 bits per heavy atom. The third-order valence-corrected chi connectivity index (χ3v) is 7.66. The number of carbonyl (C=O) groups excluding carboxylic acids is 1. The van der Waals surface area contributed by atoms with Gasteiger partial charge in [0.05, 0.1) is 11.7 Å². The molecule has 35 heavy (non-hydrogen) atoms. The van der Waals surface area contributed by atoms with Gasteiger partial charge in [-0.2, -0.15) is 0 Å². The number of rotatable bonds is 4. The maximum atomic E-state index is 15.6. The molecule has 2 aromatic carbocycles. The number of benzene rings is 2. The van der Waals surface area contributed by atoms with Gasteiger partial charge in [0.25, 0.3) is 0 Å². The minimum absolute atomic E-state index is 0.0346. The summed E-state index contributed by atoms with van der Waals surface area (Å²) >= 11 is 0. The van der Waals surface area contributed by atoms with E-state index in [2.05, 4.69) is 4.98 Å². The van der Waals surface area contributed by atoms with Gasteiger partial charge in [0.15, 0.2) is 0 Å². The second-order valence-electron chi connectivity index (χ2n) is 9.74. The predicted molar refractivity (Wildman–Crippen MR) is 130 cm³/mol. The van der Waals surface area contributed by atoms with Crippen molar-refractivity contribution < 1.29 is 14.3 Å². The highest BCUT2D eigenvalue weighted by molar-refractivity contribution is 5.82. The second-order valence-corrected chi connectivity index (χ2v) is 9.74. The van der Waals surface area contributed by atoms with Crippen LogP contribution in [0, 0.1) is 5.82 Å². The molecule has 2 aliphatic heterocycles. The van der Waals surface area contributed by atoms with E-state index in [4.69, 9.17) is 4.98 Å². The van der Waals surface area contributed by atoms with Crippen molar-refractivity contribution >= 4 is 11.4 Å². The molecular weight excluding hydrogens is 443 g/mol. The number of halogens is 1. The van der Waals surface area contributed by atoms with Gasteiger partial charge in [-0.15, -0.1) is 0 Å². The molecular formula is C28H27FN4O2. The van der Waals surface area contributed by atoms with E-state index in [-0.39, 0.29) is 17.9 Å². The van der Waals surface area contributed by atoms with E-state index in [1.807, 2.05) is 45.8 Å². The highest BCUT2D eigenvalue weighted by atomic mass is 19.1. The highest BCUT2D eigenvalue weighted by Crippen LogP contribution is 2.41. The Bertz CT molecular complexity index is 1420. The number of piperidine rings is 1. The number of hydrogen-bond donors (Lipinski definition) is 1. The molecule has 3 unspecified atom stereocenters. The van der Waals surface area contributed by atoms with Crippen molar-refractivity contribution in [1.29, 1.82) is 0 Å². The summed E-state index contributed by atoms with van der Waals surface area (Å²) in [7, 11) is 0. The maximum Gasteiger partial charge on any atom is 0.223 e. The number of carbonyl (C=O) groups is 1. The van der Waals surface area contributed by atoms with Crippen molar-refractivity contribution in [3.05, 3.63) is 89.9 Å². The minimum Gasteiger partial charge on any atom is -0.381 e. The Morgan fingerprint density at radius 1 is 1.11 bits per heavy atom. The molecule has 6 nitrogen and oxygen atoms in total. The lowest BCUT2D eigenvalue weighted by molar-refractivity contribution is -0.129. The van der Waals surface area contributed by atoms with E-state index in [1.165, 1.54) is 6.07 Å². The van der Waals surface area contributed by atoms with Gasteiger partial charge in [0.1, 0.15) is 22.9 Å². The molecule has 1 amide bonds. The molecule has 4 aromatic rings. The molecule has 178 valence electrons. The fraction of sp³-hybridized carbons (Fsp3) is 0.321. The van der Waals surface area contributed by atoms with Crippen LogP contribution in [0.5, 0.6) is 0 Å². The van der Waals surface area contributed by atoms with Crippen molar-refractivity contribution in [1.82, 2.24) is 19.3 Å². The first-order chi connectivity index (χ1) is 16.9. The third kappa shape index (κ3) is 3.53. The van der Waals surface area contributed by atoms with E-state index >= 15 is 4.39 Å². The smallest absolute Gasteiger partial charge is 0.223 e. The van der Waals surface area contributed by atoms with Crippen molar-refractivity contribution in [3.63, 3.8) is 0 Å². The zero-order chi connectivity index (χ0) is 24.2. The fourth-order valence-electron chi connectivity index (χ4n) is 5.75. The summed E-state index contributed by atoms with van der Waals surface area (Å²) in [6.07, 6.45) is 8.74. The summed E-state index contributed by atoms with van der Waals surface area (Å²) in [4.78, 5) is 23.9. The first-order valence-corrected chi connectivity index (χ1v) is 12.1. The van der Waals surface area contributed by atoms with Crippen molar-refractivity contribution in [2.75, 3.05) is 6.54 Å². The lowest BCUT2D eigenvalue weighted by Gasteiger charge is -2.32. The number of aromatic nitrogens is 3. The van der Waals surface area contributed by atoms with Crippen molar-refractivity contribution in [2.24, 2.45) is 0 Å². The maximum absolute atomic E-state index is 15.6. The molecule has 0 spiro atoms. The quantitative estimate of drug-likeness (QED) is 0.471. The summed E-state index contributed by atoms with van der Waals surface area (Å²) in [6.45, 7) is 2.47. The predicted octanol–water partition coefficient (Wildman–Crippen LogP) is 4.66. The Morgan fingerprint density at radius 3 is 2.74 bits per heavy atom. The number of aliphatic hydroxyl groups is 1. The number of amides is 1. The van der Waals surface area contributed by atoms with E-state index in [0.717, 1.165) is 31.6 Å². The van der Waals surface area contributed by atoms with Crippen LogP contribution >= 0.6 is 0 Å². The molecule has 2 aromatic heterocycles. The molecule has 2 aliphatic rings. The van der Waals surface area contributed by atoms with Gasteiger partial charge < -0.3 is 10.0 Å². The number of fused-ring (bicyclic) bond motifs is 2. The number of nitrogens with zero attached hydrogens (tertiary/aromatic N) is 4. The van der Waals surface area contributed by atoms with Crippen LogP contribution in [0.3, 0.4) is 0 Å². The topological polar surface area (TPSA) is 70.7 Å². The fourth-order valence-corrected chi connectivity index (χ4v) is 5.75. The van der Waals surface area contributed by atoms with Crippen LogP contribution in [0.1, 0.15) is 55.5 Å². The zero-order valence-corrected chi connectivity index (χ0v) is 19.6. The van der Waals surface area contributed by atoms with E-state index < -0.39 is 11.4 Å². The Kier molecular flexibility index (Phi) is 5.18. The van der Waals surface area contributed by atoms with Crippen LogP contribution in [0.25, 0.3) is 16.8 Å². The summed E-state index contributed by atoms with van der Waals surface area (Å²) in [5.74, 6) is 0.453. The van der Waals surface area contributed by atoms with Gasteiger partial charge >= 0.3 is 0 Å². The molecule has 0 bridgehead atoms. The molecule has 2 fully saturated rings. The molecule has 2 saturated heterocycles. The lowest BCUT2D eigenvalue weighted by atomic mass is 9.87. The monoisotopic (exact) mass is 470 g/mol. The Hall–Kier alpha value is -3.58. The van der Waals surface area contributed by atoms with E-state index in [1.54, 1.807) is 31.5 Å².